The maximum Gasteiger partial charge on any atom is 0.115 e. The molecule has 3 heteroatoms. The lowest BCUT2D eigenvalue weighted by atomic mass is 10.0. The van der Waals surface area contributed by atoms with Gasteiger partial charge in [0.25, 0.3) is 0 Å². The summed E-state index contributed by atoms with van der Waals surface area (Å²) in [6.07, 6.45) is 0.982. The van der Waals surface area contributed by atoms with Crippen molar-refractivity contribution in [1.29, 1.82) is 0 Å². The highest BCUT2D eigenvalue weighted by Crippen LogP contribution is 2.19. The minimum absolute atomic E-state index is 0.376. The molecule has 3 nitrogen and oxygen atoms in total. The molecule has 1 aliphatic heterocycles. The van der Waals surface area contributed by atoms with E-state index in [1.54, 1.807) is 6.07 Å². The summed E-state index contributed by atoms with van der Waals surface area (Å²) in [5, 5.41) is 12.8. The van der Waals surface area contributed by atoms with E-state index in [1.807, 2.05) is 6.07 Å². The average Bonchev–Trinajstić information content (AvgIpc) is 2.33. The summed E-state index contributed by atoms with van der Waals surface area (Å²) in [4.78, 5) is 2.46. The van der Waals surface area contributed by atoms with Gasteiger partial charge in [-0.05, 0) is 29.7 Å². The number of phenols is 1. The normalized spacial score (nSPS) is 17.6. The van der Waals surface area contributed by atoms with E-state index in [-0.39, 0.29) is 0 Å². The van der Waals surface area contributed by atoms with Gasteiger partial charge in [0.15, 0.2) is 0 Å². The Morgan fingerprint density at radius 3 is 2.69 bits per heavy atom. The molecule has 1 fully saturated rings. The van der Waals surface area contributed by atoms with Crippen molar-refractivity contribution >= 4 is 0 Å². The van der Waals surface area contributed by atoms with Crippen molar-refractivity contribution in [2.75, 3.05) is 26.2 Å². The second-order valence-electron chi connectivity index (χ2n) is 4.33. The van der Waals surface area contributed by atoms with Crippen molar-refractivity contribution in [2.24, 2.45) is 0 Å². The monoisotopic (exact) mass is 220 g/mol. The lowest BCUT2D eigenvalue weighted by Gasteiger charge is -2.28. The topological polar surface area (TPSA) is 35.5 Å². The summed E-state index contributed by atoms with van der Waals surface area (Å²) in [5.41, 5.74) is 2.61. The van der Waals surface area contributed by atoms with E-state index < -0.39 is 0 Å². The summed E-state index contributed by atoms with van der Waals surface area (Å²) in [6, 6.07) is 5.73. The molecule has 0 aromatic heterocycles. The molecule has 2 rings (SSSR count). The molecule has 1 saturated heterocycles. The SMILES string of the molecule is CCc1cc(O)ccc1CN1CCNCC1. The van der Waals surface area contributed by atoms with Crippen LogP contribution in [0.25, 0.3) is 0 Å². The van der Waals surface area contributed by atoms with Crippen LogP contribution in [-0.2, 0) is 13.0 Å². The van der Waals surface area contributed by atoms with E-state index >= 15 is 0 Å². The van der Waals surface area contributed by atoms with Gasteiger partial charge in [0.1, 0.15) is 5.75 Å². The number of hydrogen-bond donors (Lipinski definition) is 2. The Morgan fingerprint density at radius 2 is 2.00 bits per heavy atom. The van der Waals surface area contributed by atoms with Crippen LogP contribution in [0.1, 0.15) is 18.1 Å². The third kappa shape index (κ3) is 2.74. The molecule has 0 spiro atoms. The molecule has 1 aromatic carbocycles. The quantitative estimate of drug-likeness (QED) is 0.807. The first kappa shape index (κ1) is 11.4. The van der Waals surface area contributed by atoms with Crippen LogP contribution in [-0.4, -0.2) is 36.2 Å². The van der Waals surface area contributed by atoms with Gasteiger partial charge in [0, 0.05) is 32.7 Å². The maximum atomic E-state index is 9.45. The largest absolute Gasteiger partial charge is 0.508 e. The van der Waals surface area contributed by atoms with E-state index in [9.17, 15) is 5.11 Å². The first-order valence-corrected chi connectivity index (χ1v) is 6.03. The molecule has 0 aliphatic carbocycles. The fraction of sp³-hybridized carbons (Fsp3) is 0.538. The zero-order valence-corrected chi connectivity index (χ0v) is 9.87. The fourth-order valence-corrected chi connectivity index (χ4v) is 2.21. The highest BCUT2D eigenvalue weighted by molar-refractivity contribution is 5.34. The molecule has 16 heavy (non-hydrogen) atoms. The van der Waals surface area contributed by atoms with Crippen molar-refractivity contribution in [3.8, 4) is 5.75 Å². The van der Waals surface area contributed by atoms with Gasteiger partial charge in [-0.3, -0.25) is 4.90 Å². The van der Waals surface area contributed by atoms with Crippen LogP contribution in [0.3, 0.4) is 0 Å². The molecular weight excluding hydrogens is 200 g/mol. The van der Waals surface area contributed by atoms with Gasteiger partial charge in [0.2, 0.25) is 0 Å². The van der Waals surface area contributed by atoms with Crippen molar-refractivity contribution in [2.45, 2.75) is 19.9 Å². The smallest absolute Gasteiger partial charge is 0.115 e. The molecule has 1 aromatic rings. The van der Waals surface area contributed by atoms with E-state index in [2.05, 4.69) is 23.2 Å². The zero-order valence-electron chi connectivity index (χ0n) is 9.87. The predicted octanol–water partition coefficient (Wildman–Crippen LogP) is 1.36. The molecule has 0 saturated carbocycles. The third-order valence-electron chi connectivity index (χ3n) is 3.17. The van der Waals surface area contributed by atoms with Gasteiger partial charge in [-0.25, -0.2) is 0 Å². The number of piperazine rings is 1. The second kappa shape index (κ2) is 5.32. The Balaban J connectivity index is 2.07. The Hall–Kier alpha value is -1.06. The Morgan fingerprint density at radius 1 is 1.25 bits per heavy atom. The van der Waals surface area contributed by atoms with Gasteiger partial charge in [0.05, 0.1) is 0 Å². The summed E-state index contributed by atoms with van der Waals surface area (Å²) >= 11 is 0. The van der Waals surface area contributed by atoms with Crippen LogP contribution in [0.2, 0.25) is 0 Å². The van der Waals surface area contributed by atoms with Gasteiger partial charge in [-0.2, -0.15) is 0 Å². The Bertz CT molecular complexity index is 346. The first-order chi connectivity index (χ1) is 7.79. The number of aromatic hydroxyl groups is 1. The van der Waals surface area contributed by atoms with Crippen LogP contribution in [0, 0.1) is 0 Å². The molecule has 0 unspecified atom stereocenters. The van der Waals surface area contributed by atoms with Crippen LogP contribution in [0.15, 0.2) is 18.2 Å². The van der Waals surface area contributed by atoms with E-state index in [0.717, 1.165) is 39.1 Å². The molecule has 0 radical (unpaired) electrons. The van der Waals surface area contributed by atoms with E-state index in [4.69, 9.17) is 0 Å². The molecule has 0 amide bonds. The van der Waals surface area contributed by atoms with Crippen molar-refractivity contribution in [1.82, 2.24) is 10.2 Å². The summed E-state index contributed by atoms with van der Waals surface area (Å²) in [6.45, 7) is 7.54. The van der Waals surface area contributed by atoms with Crippen molar-refractivity contribution in [3.05, 3.63) is 29.3 Å². The Kier molecular flexibility index (Phi) is 3.80. The highest BCUT2D eigenvalue weighted by Gasteiger charge is 2.11. The lowest BCUT2D eigenvalue weighted by Crippen LogP contribution is -2.43. The summed E-state index contributed by atoms with van der Waals surface area (Å²) < 4.78 is 0. The number of nitrogens with one attached hydrogen (secondary N) is 1. The van der Waals surface area contributed by atoms with Crippen molar-refractivity contribution < 1.29 is 5.11 Å². The summed E-state index contributed by atoms with van der Waals surface area (Å²) in [7, 11) is 0. The Labute approximate surface area is 97.1 Å². The van der Waals surface area contributed by atoms with Crippen LogP contribution in [0.5, 0.6) is 5.75 Å². The molecule has 1 heterocycles. The van der Waals surface area contributed by atoms with Gasteiger partial charge in [-0.15, -0.1) is 0 Å². The molecular formula is C13H20N2O. The number of nitrogens with zero attached hydrogens (tertiary/aromatic N) is 1. The number of rotatable bonds is 3. The van der Waals surface area contributed by atoms with E-state index in [1.165, 1.54) is 11.1 Å². The second-order valence-corrected chi connectivity index (χ2v) is 4.33. The average molecular weight is 220 g/mol. The molecule has 0 atom stereocenters. The number of aryl methyl sites for hydroxylation is 1. The van der Waals surface area contributed by atoms with Gasteiger partial charge >= 0.3 is 0 Å². The molecule has 1 aliphatic rings. The third-order valence-corrected chi connectivity index (χ3v) is 3.17. The molecule has 2 N–H and O–H groups in total. The van der Waals surface area contributed by atoms with Crippen LogP contribution in [0.4, 0.5) is 0 Å². The van der Waals surface area contributed by atoms with Crippen molar-refractivity contribution in [3.63, 3.8) is 0 Å². The van der Waals surface area contributed by atoms with Gasteiger partial charge in [-0.1, -0.05) is 13.0 Å². The molecule has 88 valence electrons. The minimum atomic E-state index is 0.376. The van der Waals surface area contributed by atoms with Crippen LogP contribution >= 0.6 is 0 Å². The standard InChI is InChI=1S/C13H20N2O/c1-2-11-9-13(16)4-3-12(11)10-15-7-5-14-6-8-15/h3-4,9,14,16H,2,5-8,10H2,1H3. The molecule has 0 bridgehead atoms. The number of benzene rings is 1. The number of phenolic OH excluding ortho intramolecular Hbond substituents is 1. The summed E-state index contributed by atoms with van der Waals surface area (Å²) in [5.74, 6) is 0.376. The van der Waals surface area contributed by atoms with Crippen LogP contribution < -0.4 is 5.32 Å². The van der Waals surface area contributed by atoms with Gasteiger partial charge < -0.3 is 10.4 Å². The predicted molar refractivity (Wildman–Crippen MR) is 65.6 cm³/mol. The fourth-order valence-electron chi connectivity index (χ4n) is 2.21. The lowest BCUT2D eigenvalue weighted by molar-refractivity contribution is 0.232. The zero-order chi connectivity index (χ0) is 11.4. The first-order valence-electron chi connectivity index (χ1n) is 6.03. The minimum Gasteiger partial charge on any atom is -0.508 e. The van der Waals surface area contributed by atoms with E-state index in [0.29, 0.717) is 5.75 Å². The maximum absolute atomic E-state index is 9.45. The highest BCUT2D eigenvalue weighted by atomic mass is 16.3. The number of hydrogen-bond acceptors (Lipinski definition) is 3.